The lowest BCUT2D eigenvalue weighted by atomic mass is 9.49. The van der Waals surface area contributed by atoms with E-state index in [1.807, 2.05) is 0 Å². The van der Waals surface area contributed by atoms with Crippen LogP contribution >= 0.6 is 0 Å². The number of fused-ring (bicyclic) bond motifs is 5. The summed E-state index contributed by atoms with van der Waals surface area (Å²) in [7, 11) is 3.01. The Morgan fingerprint density at radius 2 is 1.68 bits per heavy atom. The molecular weight excluding hydrogens is 606 g/mol. The highest BCUT2D eigenvalue weighted by Crippen LogP contribution is 2.77. The molecule has 0 radical (unpaired) electrons. The minimum Gasteiger partial charge on any atom is -0.493 e. The number of esters is 1. The molecular formula is C36H51NO10. The maximum absolute atomic E-state index is 13.5. The molecule has 3 saturated heterocycles. The Bertz CT molecular complexity index is 1450. The summed E-state index contributed by atoms with van der Waals surface area (Å²) in [5.41, 5.74) is -4.24. The van der Waals surface area contributed by atoms with E-state index < -0.39 is 70.0 Å². The van der Waals surface area contributed by atoms with Crippen LogP contribution in [-0.2, 0) is 9.47 Å². The second-order valence-corrected chi connectivity index (χ2v) is 16.5. The molecule has 8 rings (SSSR count). The topological polar surface area (TPSA) is 158 Å². The molecule has 4 aliphatic carbocycles. The average Bonchev–Trinajstić information content (AvgIpc) is 3.28. The SMILES string of the molecule is COc1ccc(C(=O)O[C@H]2CC[C@@]3(C)C4CCC5[C@@]6(O)C(C[C@@]53O[C@@]42O)C2CN3C[C@@H](C)CC[C@H]3[C@@](C)(O)C2[C@@H](O)[C@@H]6O)cc1OC. The quantitative estimate of drug-likeness (QED) is 0.302. The van der Waals surface area contributed by atoms with Crippen LogP contribution < -0.4 is 9.47 Å². The molecule has 1 aromatic carbocycles. The molecule has 5 unspecified atom stereocenters. The average molecular weight is 658 g/mol. The Balaban J connectivity index is 1.14. The zero-order valence-corrected chi connectivity index (χ0v) is 28.1. The third-order valence-corrected chi connectivity index (χ3v) is 14.7. The Morgan fingerprint density at radius 3 is 2.40 bits per heavy atom. The highest BCUT2D eigenvalue weighted by molar-refractivity contribution is 5.90. The third kappa shape index (κ3) is 3.91. The number of rotatable bonds is 4. The fourth-order valence-corrected chi connectivity index (χ4v) is 12.7. The number of aliphatic hydroxyl groups excluding tert-OH is 2. The summed E-state index contributed by atoms with van der Waals surface area (Å²) in [6.45, 7) is 7.60. The van der Waals surface area contributed by atoms with E-state index in [0.29, 0.717) is 56.1 Å². The largest absolute Gasteiger partial charge is 0.493 e. The van der Waals surface area contributed by atoms with Crippen LogP contribution in [0, 0.1) is 40.9 Å². The fraction of sp³-hybridized carbons (Fsp3) is 0.806. The summed E-state index contributed by atoms with van der Waals surface area (Å²) in [6.07, 6.45) is 0.454. The van der Waals surface area contributed by atoms with Gasteiger partial charge in [0.1, 0.15) is 11.7 Å². The number of methoxy groups -OCH3 is 2. The molecule has 1 aromatic rings. The highest BCUT2D eigenvalue weighted by Gasteiger charge is 2.85. The van der Waals surface area contributed by atoms with Gasteiger partial charge in [-0.25, -0.2) is 4.79 Å². The number of aliphatic hydroxyl groups is 5. The maximum atomic E-state index is 13.5. The Labute approximate surface area is 276 Å². The molecule has 7 aliphatic rings. The Hall–Kier alpha value is -1.99. The van der Waals surface area contributed by atoms with Crippen molar-refractivity contribution in [2.75, 3.05) is 27.3 Å². The molecule has 1 spiro atoms. The van der Waals surface area contributed by atoms with Gasteiger partial charge in [-0.1, -0.05) is 13.8 Å². The van der Waals surface area contributed by atoms with Gasteiger partial charge in [-0.05, 0) is 87.8 Å². The monoisotopic (exact) mass is 657 g/mol. The van der Waals surface area contributed by atoms with Gasteiger partial charge in [-0.2, -0.15) is 0 Å². The number of carbonyl (C=O) groups is 1. The normalized spacial score (nSPS) is 52.9. The number of carbonyl (C=O) groups excluding carboxylic acids is 1. The van der Waals surface area contributed by atoms with Gasteiger partial charge in [-0.15, -0.1) is 0 Å². The molecule has 4 bridgehead atoms. The van der Waals surface area contributed by atoms with Gasteiger partial charge in [0.05, 0.1) is 37.1 Å². The van der Waals surface area contributed by atoms with Crippen molar-refractivity contribution < 1.29 is 49.3 Å². The third-order valence-electron chi connectivity index (χ3n) is 14.7. The maximum Gasteiger partial charge on any atom is 0.338 e. The van der Waals surface area contributed by atoms with Crippen LogP contribution in [0.1, 0.15) is 76.1 Å². The molecule has 3 aliphatic heterocycles. The molecule has 5 N–H and O–H groups in total. The first-order valence-electron chi connectivity index (χ1n) is 17.6. The molecule has 3 heterocycles. The van der Waals surface area contributed by atoms with E-state index in [4.69, 9.17) is 18.9 Å². The van der Waals surface area contributed by atoms with Crippen molar-refractivity contribution in [2.24, 2.45) is 40.9 Å². The molecule has 47 heavy (non-hydrogen) atoms. The smallest absolute Gasteiger partial charge is 0.338 e. The summed E-state index contributed by atoms with van der Waals surface area (Å²) >= 11 is 0. The molecule has 0 amide bonds. The van der Waals surface area contributed by atoms with Crippen LogP contribution in [0.15, 0.2) is 18.2 Å². The second kappa shape index (κ2) is 10.3. The molecule has 11 nitrogen and oxygen atoms in total. The van der Waals surface area contributed by atoms with E-state index in [2.05, 4.69) is 18.7 Å². The van der Waals surface area contributed by atoms with Gasteiger partial charge in [-0.3, -0.25) is 4.90 Å². The van der Waals surface area contributed by atoms with Crippen LogP contribution in [0.25, 0.3) is 0 Å². The zero-order chi connectivity index (χ0) is 33.5. The van der Waals surface area contributed by atoms with Gasteiger partial charge in [0.15, 0.2) is 17.6 Å². The van der Waals surface area contributed by atoms with E-state index in [1.165, 1.54) is 14.2 Å². The number of piperidine rings is 2. The number of ether oxygens (including phenoxy) is 4. The zero-order valence-electron chi connectivity index (χ0n) is 28.1. The van der Waals surface area contributed by atoms with Crippen molar-refractivity contribution in [1.29, 1.82) is 0 Å². The van der Waals surface area contributed by atoms with Crippen molar-refractivity contribution >= 4 is 5.97 Å². The van der Waals surface area contributed by atoms with Crippen LogP contribution in [0.3, 0.4) is 0 Å². The minimum absolute atomic E-state index is 0.125. The molecule has 11 heteroatoms. The van der Waals surface area contributed by atoms with Crippen molar-refractivity contribution in [3.05, 3.63) is 23.8 Å². The van der Waals surface area contributed by atoms with Gasteiger partial charge in [0.25, 0.3) is 0 Å². The fourth-order valence-electron chi connectivity index (χ4n) is 12.7. The number of hydrogen-bond donors (Lipinski definition) is 5. The molecule has 4 saturated carbocycles. The molecule has 0 aromatic heterocycles. The molecule has 15 atom stereocenters. The summed E-state index contributed by atoms with van der Waals surface area (Å²) < 4.78 is 23.7. The van der Waals surface area contributed by atoms with Crippen LogP contribution in [0.4, 0.5) is 0 Å². The van der Waals surface area contributed by atoms with E-state index in [-0.39, 0.29) is 23.4 Å². The lowest BCUT2D eigenvalue weighted by Gasteiger charge is -2.63. The lowest BCUT2D eigenvalue weighted by Crippen LogP contribution is -2.76. The number of benzene rings is 1. The predicted octanol–water partition coefficient (Wildman–Crippen LogP) is 2.10. The van der Waals surface area contributed by atoms with Crippen LogP contribution in [0.2, 0.25) is 0 Å². The van der Waals surface area contributed by atoms with Crippen molar-refractivity contribution in [1.82, 2.24) is 4.90 Å². The van der Waals surface area contributed by atoms with E-state index >= 15 is 0 Å². The summed E-state index contributed by atoms with van der Waals surface area (Å²) in [4.78, 5) is 15.8. The first-order chi connectivity index (χ1) is 22.2. The molecule has 260 valence electrons. The van der Waals surface area contributed by atoms with Crippen molar-refractivity contribution in [3.8, 4) is 11.5 Å². The Morgan fingerprint density at radius 1 is 0.957 bits per heavy atom. The Kier molecular flexibility index (Phi) is 7.05. The van der Waals surface area contributed by atoms with Gasteiger partial charge in [0.2, 0.25) is 5.79 Å². The van der Waals surface area contributed by atoms with Crippen LogP contribution in [-0.4, -0.2) is 111 Å². The summed E-state index contributed by atoms with van der Waals surface area (Å²) in [5.74, 6) is -3.32. The van der Waals surface area contributed by atoms with Gasteiger partial charge in [0, 0.05) is 42.3 Å². The number of hydrogen-bond acceptors (Lipinski definition) is 11. The first-order valence-corrected chi connectivity index (χ1v) is 17.6. The van der Waals surface area contributed by atoms with Crippen molar-refractivity contribution in [2.45, 2.75) is 113 Å². The standard InChI is InChI=1S/C36H51NO10/c1-18-6-11-26-33(3,41)28-20(17-37(26)16-18)21-15-34-25(35(21,42)30(39)29(28)38)10-9-24-32(34,2)13-12-27(36(24,43)47-34)46-31(40)19-7-8-22(44-4)23(14-19)45-5/h7-8,14,18,20-21,24-30,38-39,41-43H,6,9-13,15-17H2,1-5H3/t18-,20?,21?,24?,25?,26-,27-,28?,29+,30-,32-,33+,34+,35-,36-/m0/s1. The number of nitrogens with zero attached hydrogens (tertiary/aromatic N) is 1. The van der Waals surface area contributed by atoms with Gasteiger partial charge < -0.3 is 44.5 Å². The van der Waals surface area contributed by atoms with E-state index in [1.54, 1.807) is 25.1 Å². The second-order valence-electron chi connectivity index (χ2n) is 16.5. The predicted molar refractivity (Wildman–Crippen MR) is 168 cm³/mol. The van der Waals surface area contributed by atoms with Gasteiger partial charge >= 0.3 is 5.97 Å². The van der Waals surface area contributed by atoms with E-state index in [9.17, 15) is 30.3 Å². The summed E-state index contributed by atoms with van der Waals surface area (Å²) in [5, 5.41) is 61.1. The summed E-state index contributed by atoms with van der Waals surface area (Å²) in [6, 6.07) is 4.65. The minimum atomic E-state index is -1.79. The molecule has 7 fully saturated rings. The first kappa shape index (κ1) is 32.2. The van der Waals surface area contributed by atoms with Crippen LogP contribution in [0.5, 0.6) is 11.5 Å². The highest BCUT2D eigenvalue weighted by atomic mass is 16.7. The lowest BCUT2D eigenvalue weighted by molar-refractivity contribution is -0.290. The van der Waals surface area contributed by atoms with E-state index in [0.717, 1.165) is 19.4 Å². The van der Waals surface area contributed by atoms with Crippen molar-refractivity contribution in [3.63, 3.8) is 0 Å².